The average Bonchev–Trinajstić information content (AvgIpc) is 2.49. The smallest absolute Gasteiger partial charge is 0.0724 e. The lowest BCUT2D eigenvalue weighted by atomic mass is 10.0. The molecule has 1 aromatic carbocycles. The number of benzene rings is 1. The molecule has 3 rings (SSSR count). The number of nitrogen functional groups attached to an aromatic ring is 1. The van der Waals surface area contributed by atoms with E-state index in [9.17, 15) is 0 Å². The van der Waals surface area contributed by atoms with E-state index in [4.69, 9.17) is 10.5 Å². The van der Waals surface area contributed by atoms with Gasteiger partial charge in [0, 0.05) is 31.3 Å². The molecule has 0 atom stereocenters. The van der Waals surface area contributed by atoms with Gasteiger partial charge in [0.15, 0.2) is 0 Å². The number of hydrogen-bond acceptors (Lipinski definition) is 4. The van der Waals surface area contributed by atoms with Gasteiger partial charge in [-0.2, -0.15) is 0 Å². The van der Waals surface area contributed by atoms with Crippen molar-refractivity contribution in [1.82, 2.24) is 4.98 Å². The van der Waals surface area contributed by atoms with Crippen LogP contribution in [0.1, 0.15) is 19.8 Å². The van der Waals surface area contributed by atoms with Crippen LogP contribution in [0.15, 0.2) is 30.5 Å². The first-order valence-electron chi connectivity index (χ1n) is 7.29. The zero-order valence-electron chi connectivity index (χ0n) is 11.9. The molecule has 0 saturated carbocycles. The molecule has 0 spiro atoms. The van der Waals surface area contributed by atoms with Crippen molar-refractivity contribution in [1.29, 1.82) is 0 Å². The molecule has 1 aromatic heterocycles. The second kappa shape index (κ2) is 5.67. The van der Waals surface area contributed by atoms with E-state index in [2.05, 4.69) is 28.9 Å². The topological polar surface area (TPSA) is 51.4 Å². The fourth-order valence-electron chi connectivity index (χ4n) is 2.94. The predicted molar refractivity (Wildman–Crippen MR) is 83.0 cm³/mol. The van der Waals surface area contributed by atoms with Crippen molar-refractivity contribution in [3.05, 3.63) is 30.5 Å². The monoisotopic (exact) mass is 271 g/mol. The molecule has 4 nitrogen and oxygen atoms in total. The van der Waals surface area contributed by atoms with E-state index in [1.165, 1.54) is 0 Å². The van der Waals surface area contributed by atoms with Crippen LogP contribution in [0.5, 0.6) is 0 Å². The Morgan fingerprint density at radius 2 is 2.10 bits per heavy atom. The number of anilines is 2. The Balaban J connectivity index is 1.83. The van der Waals surface area contributed by atoms with E-state index in [0.717, 1.165) is 54.8 Å². The lowest BCUT2D eigenvalue weighted by Crippen LogP contribution is -2.37. The third kappa shape index (κ3) is 2.43. The maximum absolute atomic E-state index is 6.33. The van der Waals surface area contributed by atoms with Crippen LogP contribution in [0.2, 0.25) is 0 Å². The van der Waals surface area contributed by atoms with Gasteiger partial charge in [0.05, 0.1) is 23.0 Å². The molecule has 1 aliphatic rings. The molecule has 1 aliphatic heterocycles. The second-order valence-electron chi connectivity index (χ2n) is 5.21. The Hall–Kier alpha value is -1.81. The Morgan fingerprint density at radius 3 is 2.85 bits per heavy atom. The molecule has 1 fully saturated rings. The maximum Gasteiger partial charge on any atom is 0.0724 e. The summed E-state index contributed by atoms with van der Waals surface area (Å²) in [5.41, 5.74) is 9.25. The first-order valence-corrected chi connectivity index (χ1v) is 7.29. The Bertz CT molecular complexity index is 591. The number of piperidine rings is 1. The molecule has 0 bridgehead atoms. The van der Waals surface area contributed by atoms with Crippen LogP contribution >= 0.6 is 0 Å². The quantitative estimate of drug-likeness (QED) is 0.872. The summed E-state index contributed by atoms with van der Waals surface area (Å²) in [6.45, 7) is 4.86. The van der Waals surface area contributed by atoms with Gasteiger partial charge in [-0.15, -0.1) is 0 Å². The normalized spacial score (nSPS) is 16.8. The van der Waals surface area contributed by atoms with Gasteiger partial charge in [0.2, 0.25) is 0 Å². The highest BCUT2D eigenvalue weighted by molar-refractivity contribution is 5.97. The van der Waals surface area contributed by atoms with Crippen LogP contribution in [0.25, 0.3) is 10.9 Å². The highest BCUT2D eigenvalue weighted by Crippen LogP contribution is 2.32. The lowest BCUT2D eigenvalue weighted by Gasteiger charge is -2.34. The van der Waals surface area contributed by atoms with Gasteiger partial charge in [0.1, 0.15) is 0 Å². The second-order valence-corrected chi connectivity index (χ2v) is 5.21. The van der Waals surface area contributed by atoms with E-state index in [-0.39, 0.29) is 0 Å². The largest absolute Gasteiger partial charge is 0.396 e. The van der Waals surface area contributed by atoms with Gasteiger partial charge in [-0.3, -0.25) is 4.98 Å². The number of pyridine rings is 1. The molecular weight excluding hydrogens is 250 g/mol. The minimum absolute atomic E-state index is 0.402. The van der Waals surface area contributed by atoms with E-state index >= 15 is 0 Å². The zero-order chi connectivity index (χ0) is 13.9. The summed E-state index contributed by atoms with van der Waals surface area (Å²) in [5, 5.41) is 1.04. The number of rotatable bonds is 3. The van der Waals surface area contributed by atoms with Crippen molar-refractivity contribution in [2.75, 3.05) is 30.3 Å². The van der Waals surface area contributed by atoms with Gasteiger partial charge < -0.3 is 15.4 Å². The Kier molecular flexibility index (Phi) is 3.74. The summed E-state index contributed by atoms with van der Waals surface area (Å²) < 4.78 is 5.70. The molecule has 2 heterocycles. The molecule has 0 radical (unpaired) electrons. The van der Waals surface area contributed by atoms with Crippen LogP contribution < -0.4 is 10.6 Å². The summed E-state index contributed by atoms with van der Waals surface area (Å²) >= 11 is 0. The molecule has 0 amide bonds. The van der Waals surface area contributed by atoms with E-state index < -0.39 is 0 Å². The SMILES string of the molecule is CCOC1CCN(c2ccc3ncccc3c2N)CC1. The molecule has 20 heavy (non-hydrogen) atoms. The molecule has 4 heteroatoms. The van der Waals surface area contributed by atoms with Gasteiger partial charge in [0.25, 0.3) is 0 Å². The van der Waals surface area contributed by atoms with Gasteiger partial charge >= 0.3 is 0 Å². The minimum atomic E-state index is 0.402. The van der Waals surface area contributed by atoms with E-state index in [0.29, 0.717) is 6.10 Å². The molecule has 0 unspecified atom stereocenters. The minimum Gasteiger partial charge on any atom is -0.396 e. The zero-order valence-corrected chi connectivity index (χ0v) is 11.9. The van der Waals surface area contributed by atoms with Gasteiger partial charge in [-0.1, -0.05) is 0 Å². The highest BCUT2D eigenvalue weighted by Gasteiger charge is 2.21. The van der Waals surface area contributed by atoms with Crippen molar-refractivity contribution < 1.29 is 4.74 Å². The van der Waals surface area contributed by atoms with Crippen molar-refractivity contribution in [2.45, 2.75) is 25.9 Å². The number of aromatic nitrogens is 1. The van der Waals surface area contributed by atoms with Crippen molar-refractivity contribution in [3.63, 3.8) is 0 Å². The number of nitrogens with two attached hydrogens (primary N) is 1. The number of hydrogen-bond donors (Lipinski definition) is 1. The molecular formula is C16H21N3O. The molecule has 106 valence electrons. The molecule has 2 N–H and O–H groups in total. The average molecular weight is 271 g/mol. The van der Waals surface area contributed by atoms with Crippen LogP contribution in [-0.4, -0.2) is 30.8 Å². The fraction of sp³-hybridized carbons (Fsp3) is 0.438. The van der Waals surface area contributed by atoms with Crippen molar-refractivity contribution in [2.24, 2.45) is 0 Å². The van der Waals surface area contributed by atoms with E-state index in [1.54, 1.807) is 6.20 Å². The third-order valence-electron chi connectivity index (χ3n) is 3.99. The van der Waals surface area contributed by atoms with Gasteiger partial charge in [-0.05, 0) is 44.0 Å². The van der Waals surface area contributed by atoms with Crippen LogP contribution in [-0.2, 0) is 4.74 Å². The van der Waals surface area contributed by atoms with Crippen molar-refractivity contribution >= 4 is 22.3 Å². The summed E-state index contributed by atoms with van der Waals surface area (Å²) in [4.78, 5) is 6.70. The molecule has 1 saturated heterocycles. The van der Waals surface area contributed by atoms with E-state index in [1.807, 2.05) is 12.1 Å². The van der Waals surface area contributed by atoms with Gasteiger partial charge in [-0.25, -0.2) is 0 Å². The lowest BCUT2D eigenvalue weighted by molar-refractivity contribution is 0.0459. The summed E-state index contributed by atoms with van der Waals surface area (Å²) in [6, 6.07) is 8.11. The first kappa shape index (κ1) is 13.2. The molecule has 0 aliphatic carbocycles. The third-order valence-corrected chi connectivity index (χ3v) is 3.99. The summed E-state index contributed by atoms with van der Waals surface area (Å²) in [5.74, 6) is 0. The number of nitrogens with zero attached hydrogens (tertiary/aromatic N) is 2. The molecule has 2 aromatic rings. The first-order chi connectivity index (χ1) is 9.79. The van der Waals surface area contributed by atoms with Crippen LogP contribution in [0.3, 0.4) is 0 Å². The Labute approximate surface area is 119 Å². The number of fused-ring (bicyclic) bond motifs is 1. The summed E-state index contributed by atoms with van der Waals surface area (Å²) in [7, 11) is 0. The fourth-order valence-corrected chi connectivity index (χ4v) is 2.94. The maximum atomic E-state index is 6.33. The summed E-state index contributed by atoms with van der Waals surface area (Å²) in [6.07, 6.45) is 4.34. The van der Waals surface area contributed by atoms with Crippen molar-refractivity contribution in [3.8, 4) is 0 Å². The van der Waals surface area contributed by atoms with Crippen LogP contribution in [0, 0.1) is 0 Å². The standard InChI is InChI=1S/C16H21N3O/c1-2-20-12-7-10-19(11-8-12)15-6-5-14-13(16(15)17)4-3-9-18-14/h3-6,9,12H,2,7-8,10-11,17H2,1H3. The predicted octanol–water partition coefficient (Wildman–Crippen LogP) is 2.82. The number of ether oxygens (including phenoxy) is 1. The van der Waals surface area contributed by atoms with Crippen LogP contribution in [0.4, 0.5) is 11.4 Å². The Morgan fingerprint density at radius 1 is 1.30 bits per heavy atom. The highest BCUT2D eigenvalue weighted by atomic mass is 16.5.